The van der Waals surface area contributed by atoms with E-state index in [0.717, 1.165) is 17.7 Å². The number of thioether (sulfide) groups is 1. The number of piperidine rings is 1. The van der Waals surface area contributed by atoms with Gasteiger partial charge >= 0.3 is 0 Å². The Morgan fingerprint density at radius 2 is 1.94 bits per heavy atom. The molecule has 172 valence electrons. The van der Waals surface area contributed by atoms with E-state index in [1.54, 1.807) is 13.1 Å². The minimum absolute atomic E-state index is 0.00930. The molecule has 8 nitrogen and oxygen atoms in total. The fraction of sp³-hybridized carbons (Fsp3) is 0.429. The maximum absolute atomic E-state index is 14.1. The Morgan fingerprint density at radius 3 is 2.59 bits per heavy atom. The van der Waals surface area contributed by atoms with Crippen LogP contribution in [0.15, 0.2) is 40.3 Å². The minimum atomic E-state index is -3.79. The number of carbonyl (C=O) groups is 2. The third-order valence-corrected chi connectivity index (χ3v) is 9.06. The van der Waals surface area contributed by atoms with Crippen molar-refractivity contribution in [3.8, 4) is 0 Å². The molecular formula is C21H25FN4O4S2. The van der Waals surface area contributed by atoms with Gasteiger partial charge in [0, 0.05) is 42.9 Å². The van der Waals surface area contributed by atoms with Crippen LogP contribution in [0.4, 0.5) is 4.39 Å². The molecule has 1 aromatic carbocycles. The standard InChI is InChI=1S/C21H25FN4O4S2/c1-25-12-14(11-18(25)20(23)27)32(29,30)26-8-5-13(6-9-26)21(28)24-17-7-10-31-19-15(17)3-2-4-16(19)22/h2-4,11-13,17H,5-10H2,1H3,(H2,23,27)(H,24,28)/t17-/m0/s1. The van der Waals surface area contributed by atoms with Crippen LogP contribution in [0.3, 0.4) is 0 Å². The molecule has 11 heteroatoms. The number of aromatic nitrogens is 1. The molecule has 4 rings (SSSR count). The largest absolute Gasteiger partial charge is 0.364 e. The van der Waals surface area contributed by atoms with E-state index in [4.69, 9.17) is 5.73 Å². The average molecular weight is 481 g/mol. The third-order valence-electron chi connectivity index (χ3n) is 6.04. The van der Waals surface area contributed by atoms with Crippen molar-refractivity contribution in [2.75, 3.05) is 18.8 Å². The van der Waals surface area contributed by atoms with Crippen molar-refractivity contribution in [1.29, 1.82) is 0 Å². The van der Waals surface area contributed by atoms with Crippen LogP contribution < -0.4 is 11.1 Å². The summed E-state index contributed by atoms with van der Waals surface area (Å²) in [6.45, 7) is 0.403. The molecule has 1 fully saturated rings. The SMILES string of the molecule is Cn1cc(S(=O)(=O)N2CCC(C(=O)N[C@H]3CCSc4c(F)cccc43)CC2)cc1C(N)=O. The summed E-state index contributed by atoms with van der Waals surface area (Å²) < 4.78 is 42.7. The van der Waals surface area contributed by atoms with Crippen LogP contribution in [-0.2, 0) is 21.9 Å². The van der Waals surface area contributed by atoms with Gasteiger partial charge in [-0.25, -0.2) is 12.8 Å². The highest BCUT2D eigenvalue weighted by molar-refractivity contribution is 7.99. The summed E-state index contributed by atoms with van der Waals surface area (Å²) in [4.78, 5) is 24.9. The van der Waals surface area contributed by atoms with Gasteiger partial charge in [-0.15, -0.1) is 11.8 Å². The van der Waals surface area contributed by atoms with Crippen molar-refractivity contribution in [3.05, 3.63) is 47.5 Å². The van der Waals surface area contributed by atoms with E-state index in [-0.39, 0.29) is 47.4 Å². The number of sulfonamides is 1. The van der Waals surface area contributed by atoms with Gasteiger partial charge in [0.05, 0.1) is 6.04 Å². The second-order valence-corrected chi connectivity index (χ2v) is 11.1. The van der Waals surface area contributed by atoms with Gasteiger partial charge in [-0.2, -0.15) is 4.31 Å². The van der Waals surface area contributed by atoms with E-state index < -0.39 is 15.9 Å². The zero-order chi connectivity index (χ0) is 23.0. The number of hydrogen-bond acceptors (Lipinski definition) is 5. The molecule has 1 saturated heterocycles. The molecular weight excluding hydrogens is 455 g/mol. The zero-order valence-electron chi connectivity index (χ0n) is 17.6. The fourth-order valence-electron chi connectivity index (χ4n) is 4.25. The highest BCUT2D eigenvalue weighted by Crippen LogP contribution is 2.38. The van der Waals surface area contributed by atoms with Crippen LogP contribution in [0.5, 0.6) is 0 Å². The fourth-order valence-corrected chi connectivity index (χ4v) is 6.94. The number of nitrogens with zero attached hydrogens (tertiary/aromatic N) is 2. The minimum Gasteiger partial charge on any atom is -0.364 e. The van der Waals surface area contributed by atoms with E-state index in [1.165, 1.54) is 39.0 Å². The van der Waals surface area contributed by atoms with Crippen LogP contribution in [0.1, 0.15) is 41.4 Å². The van der Waals surface area contributed by atoms with Crippen molar-refractivity contribution in [2.45, 2.75) is 35.1 Å². The smallest absolute Gasteiger partial charge is 0.265 e. The molecule has 1 atom stereocenters. The number of carbonyl (C=O) groups excluding carboxylic acids is 2. The van der Waals surface area contributed by atoms with Crippen LogP contribution in [0.2, 0.25) is 0 Å². The van der Waals surface area contributed by atoms with Gasteiger partial charge in [-0.05, 0) is 37.0 Å². The topological polar surface area (TPSA) is 114 Å². The Labute approximate surface area is 190 Å². The van der Waals surface area contributed by atoms with Gasteiger partial charge in [0.2, 0.25) is 15.9 Å². The molecule has 0 spiro atoms. The average Bonchev–Trinajstić information content (AvgIpc) is 3.17. The lowest BCUT2D eigenvalue weighted by atomic mass is 9.95. The van der Waals surface area contributed by atoms with Gasteiger partial charge in [0.1, 0.15) is 16.4 Å². The number of primary amides is 1. The van der Waals surface area contributed by atoms with Gasteiger partial charge in [-0.3, -0.25) is 9.59 Å². The van der Waals surface area contributed by atoms with Crippen LogP contribution in [-0.4, -0.2) is 47.9 Å². The summed E-state index contributed by atoms with van der Waals surface area (Å²) in [5.74, 6) is -0.702. The molecule has 2 aliphatic rings. The Bertz CT molecular complexity index is 1160. The number of nitrogens with two attached hydrogens (primary N) is 1. The Hall–Kier alpha value is -2.37. The summed E-state index contributed by atoms with van der Waals surface area (Å²) in [6, 6.07) is 5.94. The van der Waals surface area contributed by atoms with Crippen LogP contribution in [0, 0.1) is 11.7 Å². The van der Waals surface area contributed by atoms with E-state index in [9.17, 15) is 22.4 Å². The third kappa shape index (κ3) is 4.28. The monoisotopic (exact) mass is 480 g/mol. The van der Waals surface area contributed by atoms with Crippen molar-refractivity contribution in [2.24, 2.45) is 18.7 Å². The first kappa shape index (κ1) is 22.8. The van der Waals surface area contributed by atoms with Crippen molar-refractivity contribution in [3.63, 3.8) is 0 Å². The molecule has 0 bridgehead atoms. The van der Waals surface area contributed by atoms with Crippen molar-refractivity contribution in [1.82, 2.24) is 14.2 Å². The maximum Gasteiger partial charge on any atom is 0.265 e. The van der Waals surface area contributed by atoms with Crippen molar-refractivity contribution < 1.29 is 22.4 Å². The molecule has 3 N–H and O–H groups in total. The van der Waals surface area contributed by atoms with Gasteiger partial charge < -0.3 is 15.6 Å². The van der Waals surface area contributed by atoms with Crippen LogP contribution in [0.25, 0.3) is 0 Å². The Kier molecular flexibility index (Phi) is 6.33. The summed E-state index contributed by atoms with van der Waals surface area (Å²) >= 11 is 1.46. The number of nitrogens with one attached hydrogen (secondary N) is 1. The second-order valence-electron chi connectivity index (χ2n) is 8.07. The second kappa shape index (κ2) is 8.87. The molecule has 3 heterocycles. The van der Waals surface area contributed by atoms with E-state index in [1.807, 2.05) is 6.07 Å². The molecule has 0 aliphatic carbocycles. The quantitative estimate of drug-likeness (QED) is 0.680. The normalized spacial score (nSPS) is 20.0. The highest BCUT2D eigenvalue weighted by Gasteiger charge is 2.34. The summed E-state index contributed by atoms with van der Waals surface area (Å²) in [5.41, 5.74) is 6.19. The summed E-state index contributed by atoms with van der Waals surface area (Å²) in [6.07, 6.45) is 2.86. The molecule has 0 saturated carbocycles. The number of rotatable bonds is 5. The first-order valence-electron chi connectivity index (χ1n) is 10.4. The Morgan fingerprint density at radius 1 is 1.22 bits per heavy atom. The molecule has 1 aromatic heterocycles. The van der Waals surface area contributed by atoms with Gasteiger partial charge in [0.25, 0.3) is 5.91 Å². The van der Waals surface area contributed by atoms with Gasteiger partial charge in [-0.1, -0.05) is 12.1 Å². The number of aryl methyl sites for hydroxylation is 1. The molecule has 0 radical (unpaired) electrons. The summed E-state index contributed by atoms with van der Waals surface area (Å²) in [5, 5.41) is 3.04. The maximum atomic E-state index is 14.1. The zero-order valence-corrected chi connectivity index (χ0v) is 19.2. The number of hydrogen-bond donors (Lipinski definition) is 2. The van der Waals surface area contributed by atoms with E-state index >= 15 is 0 Å². The first-order chi connectivity index (χ1) is 15.2. The molecule has 0 unspecified atom stereocenters. The number of fused-ring (bicyclic) bond motifs is 1. The number of amides is 2. The highest BCUT2D eigenvalue weighted by atomic mass is 32.2. The molecule has 2 amide bonds. The molecule has 32 heavy (non-hydrogen) atoms. The van der Waals surface area contributed by atoms with E-state index in [0.29, 0.717) is 17.7 Å². The summed E-state index contributed by atoms with van der Waals surface area (Å²) in [7, 11) is -2.23. The molecule has 2 aliphatic heterocycles. The predicted molar refractivity (Wildman–Crippen MR) is 118 cm³/mol. The predicted octanol–water partition coefficient (Wildman–Crippen LogP) is 2.02. The van der Waals surface area contributed by atoms with Crippen molar-refractivity contribution >= 4 is 33.6 Å². The van der Waals surface area contributed by atoms with Gasteiger partial charge in [0.15, 0.2) is 0 Å². The first-order valence-corrected chi connectivity index (χ1v) is 12.8. The number of halogens is 1. The Balaban J connectivity index is 1.40. The van der Waals surface area contributed by atoms with E-state index in [2.05, 4.69) is 5.32 Å². The molecule has 2 aromatic rings. The lowest BCUT2D eigenvalue weighted by Crippen LogP contribution is -2.44. The number of benzene rings is 1. The lowest BCUT2D eigenvalue weighted by Gasteiger charge is -2.32. The van der Waals surface area contributed by atoms with Crippen LogP contribution >= 0.6 is 11.8 Å². The lowest BCUT2D eigenvalue weighted by molar-refractivity contribution is -0.127.